The monoisotopic (exact) mass is 400 g/mol. The number of carbonyl (C=O) groups is 2. The van der Waals surface area contributed by atoms with Gasteiger partial charge in [-0.1, -0.05) is 32.8 Å². The molecule has 156 valence electrons. The first-order valence-electron chi connectivity index (χ1n) is 9.76. The van der Waals surface area contributed by atoms with Gasteiger partial charge in [-0.25, -0.2) is 4.79 Å². The summed E-state index contributed by atoms with van der Waals surface area (Å²) in [4.78, 5) is 24.0. The number of nitriles is 1. The van der Waals surface area contributed by atoms with Crippen molar-refractivity contribution in [2.24, 2.45) is 11.8 Å². The summed E-state index contributed by atoms with van der Waals surface area (Å²) in [7, 11) is 1.49. The second kappa shape index (κ2) is 11.1. The van der Waals surface area contributed by atoms with E-state index in [0.717, 1.165) is 12.8 Å². The fourth-order valence-corrected chi connectivity index (χ4v) is 3.40. The average Bonchev–Trinajstić information content (AvgIpc) is 2.72. The lowest BCUT2D eigenvalue weighted by Gasteiger charge is -2.34. The number of ether oxygens (including phenoxy) is 3. The SMILES string of the molecule is COc1cc(/C=C/C(=O)OCC(=O)N[C@@H]2CCC[C@@H](C)[C@H]2C)ccc1OCC#N. The molecule has 1 aliphatic carbocycles. The van der Waals surface area contributed by atoms with E-state index in [1.54, 1.807) is 24.3 Å². The molecule has 0 spiro atoms. The Labute approximate surface area is 171 Å². The summed E-state index contributed by atoms with van der Waals surface area (Å²) >= 11 is 0. The minimum Gasteiger partial charge on any atom is -0.493 e. The van der Waals surface area contributed by atoms with Gasteiger partial charge in [-0.2, -0.15) is 5.26 Å². The van der Waals surface area contributed by atoms with Gasteiger partial charge in [0.2, 0.25) is 0 Å². The molecule has 0 aromatic heterocycles. The number of nitrogens with one attached hydrogen (secondary N) is 1. The number of hydrogen-bond donors (Lipinski definition) is 1. The summed E-state index contributed by atoms with van der Waals surface area (Å²) in [5.74, 6) is 1.00. The zero-order valence-corrected chi connectivity index (χ0v) is 17.1. The molecule has 1 amide bonds. The van der Waals surface area contributed by atoms with Crippen molar-refractivity contribution in [2.75, 3.05) is 20.3 Å². The summed E-state index contributed by atoms with van der Waals surface area (Å²) in [6.45, 7) is 3.96. The normalized spacial score (nSPS) is 21.2. The fraction of sp³-hybridized carbons (Fsp3) is 0.500. The summed E-state index contributed by atoms with van der Waals surface area (Å²) in [5, 5.41) is 11.6. The second-order valence-corrected chi connectivity index (χ2v) is 7.24. The third kappa shape index (κ3) is 6.83. The van der Waals surface area contributed by atoms with Crippen LogP contribution in [-0.4, -0.2) is 38.2 Å². The lowest BCUT2D eigenvalue weighted by Crippen LogP contribution is -2.45. The van der Waals surface area contributed by atoms with Gasteiger partial charge < -0.3 is 19.5 Å². The van der Waals surface area contributed by atoms with Crippen LogP contribution in [0.5, 0.6) is 11.5 Å². The molecule has 0 bridgehead atoms. The van der Waals surface area contributed by atoms with Crippen LogP contribution in [0.1, 0.15) is 38.7 Å². The Hall–Kier alpha value is -3.01. The number of nitrogens with zero attached hydrogens (tertiary/aromatic N) is 1. The lowest BCUT2D eigenvalue weighted by atomic mass is 9.78. The van der Waals surface area contributed by atoms with Crippen LogP contribution < -0.4 is 14.8 Å². The summed E-state index contributed by atoms with van der Waals surface area (Å²) in [6.07, 6.45) is 6.05. The van der Waals surface area contributed by atoms with Gasteiger partial charge in [0.15, 0.2) is 24.7 Å². The number of hydrogen-bond acceptors (Lipinski definition) is 6. The molecule has 2 rings (SSSR count). The molecule has 7 nitrogen and oxygen atoms in total. The molecule has 0 saturated heterocycles. The molecule has 0 heterocycles. The zero-order valence-electron chi connectivity index (χ0n) is 17.1. The van der Waals surface area contributed by atoms with E-state index in [2.05, 4.69) is 19.2 Å². The van der Waals surface area contributed by atoms with E-state index in [-0.39, 0.29) is 25.2 Å². The second-order valence-electron chi connectivity index (χ2n) is 7.24. The van der Waals surface area contributed by atoms with Crippen LogP contribution in [0.4, 0.5) is 0 Å². The molecule has 1 aromatic rings. The van der Waals surface area contributed by atoms with Gasteiger partial charge in [0.25, 0.3) is 5.91 Å². The van der Waals surface area contributed by atoms with E-state index in [9.17, 15) is 9.59 Å². The number of benzene rings is 1. The standard InChI is InChI=1S/C22H28N2O5/c1-15-5-4-6-18(16(15)2)24-21(25)14-29-22(26)10-8-17-7-9-19(28-12-11-23)20(13-17)27-3/h7-10,13,15-16,18H,4-6,12,14H2,1-3H3,(H,24,25)/b10-8+/t15-,16-,18-/m1/s1. The zero-order chi connectivity index (χ0) is 21.2. The van der Waals surface area contributed by atoms with Crippen molar-refractivity contribution in [1.29, 1.82) is 5.26 Å². The molecular weight excluding hydrogens is 372 g/mol. The predicted molar refractivity (Wildman–Crippen MR) is 108 cm³/mol. The highest BCUT2D eigenvalue weighted by Gasteiger charge is 2.28. The van der Waals surface area contributed by atoms with E-state index in [0.29, 0.717) is 28.9 Å². The molecule has 0 radical (unpaired) electrons. The van der Waals surface area contributed by atoms with Crippen LogP contribution in [0.15, 0.2) is 24.3 Å². The minimum absolute atomic E-state index is 0.0848. The van der Waals surface area contributed by atoms with Crippen LogP contribution in [-0.2, 0) is 14.3 Å². The largest absolute Gasteiger partial charge is 0.493 e. The molecule has 7 heteroatoms. The Bertz CT molecular complexity index is 784. The van der Waals surface area contributed by atoms with Crippen molar-refractivity contribution in [2.45, 2.75) is 39.2 Å². The first-order chi connectivity index (χ1) is 13.9. The van der Waals surface area contributed by atoms with Crippen molar-refractivity contribution in [3.05, 3.63) is 29.8 Å². The topological polar surface area (TPSA) is 97.7 Å². The Morgan fingerprint density at radius 1 is 1.28 bits per heavy atom. The van der Waals surface area contributed by atoms with Gasteiger partial charge in [0.1, 0.15) is 6.07 Å². The van der Waals surface area contributed by atoms with Gasteiger partial charge in [-0.05, 0) is 42.0 Å². The third-order valence-corrected chi connectivity index (χ3v) is 5.29. The van der Waals surface area contributed by atoms with Crippen LogP contribution in [0.25, 0.3) is 6.08 Å². The third-order valence-electron chi connectivity index (χ3n) is 5.29. The number of amides is 1. The van der Waals surface area contributed by atoms with Crippen molar-refractivity contribution in [3.63, 3.8) is 0 Å². The number of rotatable bonds is 8. The fourth-order valence-electron chi connectivity index (χ4n) is 3.40. The van der Waals surface area contributed by atoms with Crippen LogP contribution in [0, 0.1) is 23.2 Å². The first-order valence-corrected chi connectivity index (χ1v) is 9.76. The maximum absolute atomic E-state index is 12.1. The molecule has 1 fully saturated rings. The molecule has 1 aliphatic rings. The van der Waals surface area contributed by atoms with Gasteiger partial charge >= 0.3 is 5.97 Å². The Kier molecular flexibility index (Phi) is 8.53. The quantitative estimate of drug-likeness (QED) is 0.532. The highest BCUT2D eigenvalue weighted by molar-refractivity contribution is 5.89. The molecule has 1 saturated carbocycles. The van der Waals surface area contributed by atoms with E-state index in [1.807, 2.05) is 6.07 Å². The molecule has 3 atom stereocenters. The first kappa shape index (κ1) is 22.3. The number of carbonyl (C=O) groups excluding carboxylic acids is 2. The van der Waals surface area contributed by atoms with Crippen molar-refractivity contribution < 1.29 is 23.8 Å². The highest BCUT2D eigenvalue weighted by atomic mass is 16.5. The molecule has 1 N–H and O–H groups in total. The number of esters is 1. The maximum Gasteiger partial charge on any atom is 0.331 e. The Morgan fingerprint density at radius 2 is 2.07 bits per heavy atom. The summed E-state index contributed by atoms with van der Waals surface area (Å²) < 4.78 is 15.5. The van der Waals surface area contributed by atoms with Gasteiger partial charge in [0, 0.05) is 12.1 Å². The highest BCUT2D eigenvalue weighted by Crippen LogP contribution is 2.29. The van der Waals surface area contributed by atoms with Gasteiger partial charge in [-0.3, -0.25) is 4.79 Å². The van der Waals surface area contributed by atoms with Gasteiger partial charge in [-0.15, -0.1) is 0 Å². The molecule has 0 aliphatic heterocycles. The molecule has 0 unspecified atom stereocenters. The maximum atomic E-state index is 12.1. The van der Waals surface area contributed by atoms with Crippen LogP contribution in [0.2, 0.25) is 0 Å². The molecule has 1 aromatic carbocycles. The molecular formula is C22H28N2O5. The van der Waals surface area contributed by atoms with Gasteiger partial charge in [0.05, 0.1) is 7.11 Å². The predicted octanol–water partition coefficient (Wildman–Crippen LogP) is 3.09. The molecule has 29 heavy (non-hydrogen) atoms. The minimum atomic E-state index is -0.603. The van der Waals surface area contributed by atoms with E-state index < -0.39 is 5.97 Å². The van der Waals surface area contributed by atoms with Crippen molar-refractivity contribution in [1.82, 2.24) is 5.32 Å². The Balaban J connectivity index is 1.83. The van der Waals surface area contributed by atoms with Crippen LogP contribution >= 0.6 is 0 Å². The number of methoxy groups -OCH3 is 1. The summed E-state index contributed by atoms with van der Waals surface area (Å²) in [6, 6.07) is 7.07. The summed E-state index contributed by atoms with van der Waals surface area (Å²) in [5.41, 5.74) is 0.692. The Morgan fingerprint density at radius 3 is 2.79 bits per heavy atom. The smallest absolute Gasteiger partial charge is 0.331 e. The van der Waals surface area contributed by atoms with E-state index >= 15 is 0 Å². The lowest BCUT2D eigenvalue weighted by molar-refractivity contribution is -0.144. The average molecular weight is 400 g/mol. The van der Waals surface area contributed by atoms with Crippen molar-refractivity contribution >= 4 is 18.0 Å². The van der Waals surface area contributed by atoms with E-state index in [1.165, 1.54) is 19.6 Å². The van der Waals surface area contributed by atoms with Crippen molar-refractivity contribution in [3.8, 4) is 17.6 Å². The van der Waals surface area contributed by atoms with E-state index in [4.69, 9.17) is 19.5 Å². The van der Waals surface area contributed by atoms with Crippen LogP contribution in [0.3, 0.4) is 0 Å².